The van der Waals surface area contributed by atoms with E-state index in [9.17, 15) is 4.79 Å². The molecule has 0 bridgehead atoms. The zero-order valence-electron chi connectivity index (χ0n) is 5.77. The van der Waals surface area contributed by atoms with Gasteiger partial charge >= 0.3 is 0 Å². The molecule has 1 N–H and O–H groups in total. The molecule has 2 rings (SSSR count). The fourth-order valence-electron chi connectivity index (χ4n) is 1.92. The fraction of sp³-hybridized carbons (Fsp3) is 0.857. The maximum absolute atomic E-state index is 10.5. The highest BCUT2D eigenvalue weighted by atomic mass is 16.2. The van der Waals surface area contributed by atoms with Crippen LogP contribution in [0.5, 0.6) is 0 Å². The van der Waals surface area contributed by atoms with Gasteiger partial charge in [0.25, 0.3) is 0 Å². The molecule has 1 saturated carbocycles. The first-order valence-corrected chi connectivity index (χ1v) is 3.48. The number of amides is 1. The lowest BCUT2D eigenvalue weighted by molar-refractivity contribution is -0.129. The van der Waals surface area contributed by atoms with Crippen molar-refractivity contribution in [3.63, 3.8) is 0 Å². The molecule has 2 atom stereocenters. The summed E-state index contributed by atoms with van der Waals surface area (Å²) in [5, 5.41) is 2.95. The van der Waals surface area contributed by atoms with Gasteiger partial charge in [0.1, 0.15) is 0 Å². The van der Waals surface area contributed by atoms with E-state index in [2.05, 4.69) is 19.2 Å². The van der Waals surface area contributed by atoms with Crippen molar-refractivity contribution in [3.8, 4) is 0 Å². The topological polar surface area (TPSA) is 29.1 Å². The summed E-state index contributed by atoms with van der Waals surface area (Å²) in [6.07, 6.45) is 0.773. The van der Waals surface area contributed by atoms with Crippen LogP contribution in [0.2, 0.25) is 0 Å². The van der Waals surface area contributed by atoms with Crippen molar-refractivity contribution in [2.45, 2.75) is 25.8 Å². The largest absolute Gasteiger partial charge is 0.350 e. The Kier molecular flexibility index (Phi) is 0.675. The van der Waals surface area contributed by atoms with Crippen molar-refractivity contribution in [1.29, 1.82) is 0 Å². The molecule has 1 saturated heterocycles. The third kappa shape index (κ3) is 0.406. The molecule has 2 unspecified atom stereocenters. The molecular weight excluding hydrogens is 114 g/mol. The van der Waals surface area contributed by atoms with Crippen LogP contribution in [0.3, 0.4) is 0 Å². The minimum Gasteiger partial charge on any atom is -0.350 e. The minimum atomic E-state index is 0.228. The van der Waals surface area contributed by atoms with E-state index in [1.54, 1.807) is 0 Å². The molecule has 1 aliphatic carbocycles. The first kappa shape index (κ1) is 5.27. The van der Waals surface area contributed by atoms with Crippen LogP contribution >= 0.6 is 0 Å². The van der Waals surface area contributed by atoms with Crippen LogP contribution in [-0.4, -0.2) is 11.4 Å². The second-order valence-electron chi connectivity index (χ2n) is 3.34. The molecule has 0 aromatic heterocycles. The first-order chi connectivity index (χ1) is 4.17. The first-order valence-electron chi connectivity index (χ1n) is 3.48. The number of hydrogen-bond donors (Lipinski definition) is 1. The predicted molar refractivity (Wildman–Crippen MR) is 33.8 cm³/mol. The van der Waals surface area contributed by atoms with Crippen LogP contribution in [-0.2, 0) is 4.79 Å². The van der Waals surface area contributed by atoms with Crippen LogP contribution in [0.15, 0.2) is 0 Å². The Hall–Kier alpha value is -0.530. The van der Waals surface area contributed by atoms with E-state index < -0.39 is 0 Å². The summed E-state index contributed by atoms with van der Waals surface area (Å²) in [5.74, 6) is 1.66. The third-order valence-electron chi connectivity index (χ3n) is 3.09. The number of carbonyl (C=O) groups is 1. The highest BCUT2D eigenvalue weighted by Gasteiger charge is 2.65. The van der Waals surface area contributed by atoms with E-state index >= 15 is 0 Å². The predicted octanol–water partition coefficient (Wildman–Crippen LogP) is 0.531. The van der Waals surface area contributed by atoms with Crippen LogP contribution in [0, 0.1) is 11.8 Å². The molecule has 1 heterocycles. The van der Waals surface area contributed by atoms with Gasteiger partial charge in [-0.1, -0.05) is 13.8 Å². The van der Waals surface area contributed by atoms with E-state index in [1.807, 2.05) is 0 Å². The zero-order chi connectivity index (χ0) is 6.65. The smallest absolute Gasteiger partial charge is 0.222 e. The van der Waals surface area contributed by atoms with Gasteiger partial charge in [0.2, 0.25) is 5.91 Å². The molecule has 9 heavy (non-hydrogen) atoms. The molecular formula is C7H11NO. The average molecular weight is 125 g/mol. The van der Waals surface area contributed by atoms with Gasteiger partial charge in [0, 0.05) is 0 Å². The van der Waals surface area contributed by atoms with E-state index in [1.165, 1.54) is 0 Å². The summed E-state index contributed by atoms with van der Waals surface area (Å²) in [7, 11) is 0. The summed E-state index contributed by atoms with van der Waals surface area (Å²) < 4.78 is 0. The lowest BCUT2D eigenvalue weighted by Gasteiger charge is -2.28. The Balaban J connectivity index is 2.09. The van der Waals surface area contributed by atoms with Gasteiger partial charge in [-0.3, -0.25) is 4.79 Å². The van der Waals surface area contributed by atoms with Crippen LogP contribution in [0.25, 0.3) is 0 Å². The maximum atomic E-state index is 10.5. The van der Waals surface area contributed by atoms with Gasteiger partial charge in [-0.15, -0.1) is 0 Å². The summed E-state index contributed by atoms with van der Waals surface area (Å²) in [6.45, 7) is 4.40. The van der Waals surface area contributed by atoms with Gasteiger partial charge in [-0.05, 0) is 11.8 Å². The third-order valence-corrected chi connectivity index (χ3v) is 3.09. The van der Waals surface area contributed by atoms with E-state index in [4.69, 9.17) is 0 Å². The summed E-state index contributed by atoms with van der Waals surface area (Å²) in [5.41, 5.74) is 0.261. The Morgan fingerprint density at radius 2 is 2.00 bits per heavy atom. The van der Waals surface area contributed by atoms with Crippen molar-refractivity contribution < 1.29 is 4.79 Å². The highest BCUT2D eigenvalue weighted by Crippen LogP contribution is 2.55. The summed E-state index contributed by atoms with van der Waals surface area (Å²) in [6, 6.07) is 0. The second kappa shape index (κ2) is 1.15. The Morgan fingerprint density at radius 3 is 2.11 bits per heavy atom. The molecule has 2 nitrogen and oxygen atoms in total. The molecule has 1 spiro atoms. The fourth-order valence-corrected chi connectivity index (χ4v) is 1.92. The van der Waals surface area contributed by atoms with Crippen molar-refractivity contribution in [2.75, 3.05) is 0 Å². The Labute approximate surface area is 54.6 Å². The Bertz CT molecular complexity index is 158. The number of nitrogens with one attached hydrogen (secondary N) is 1. The average Bonchev–Trinajstić information content (AvgIpc) is 2.18. The quantitative estimate of drug-likeness (QED) is 0.470. The van der Waals surface area contributed by atoms with Gasteiger partial charge in [-0.2, -0.15) is 0 Å². The number of β-lactam (4-membered cyclic amide) rings is 1. The molecule has 2 aliphatic rings. The van der Waals surface area contributed by atoms with E-state index in [0.717, 1.165) is 18.3 Å². The summed E-state index contributed by atoms with van der Waals surface area (Å²) >= 11 is 0. The van der Waals surface area contributed by atoms with Crippen molar-refractivity contribution in [3.05, 3.63) is 0 Å². The second-order valence-corrected chi connectivity index (χ2v) is 3.34. The maximum Gasteiger partial charge on any atom is 0.222 e. The van der Waals surface area contributed by atoms with Gasteiger partial charge < -0.3 is 5.32 Å². The monoisotopic (exact) mass is 125 g/mol. The van der Waals surface area contributed by atoms with E-state index in [0.29, 0.717) is 0 Å². The molecule has 2 heteroatoms. The molecule has 0 radical (unpaired) electrons. The Morgan fingerprint density at radius 1 is 1.56 bits per heavy atom. The van der Waals surface area contributed by atoms with Crippen molar-refractivity contribution >= 4 is 5.91 Å². The van der Waals surface area contributed by atoms with Gasteiger partial charge in [-0.25, -0.2) is 0 Å². The number of hydrogen-bond acceptors (Lipinski definition) is 1. The number of carbonyl (C=O) groups excluding carboxylic acids is 1. The van der Waals surface area contributed by atoms with Crippen molar-refractivity contribution in [2.24, 2.45) is 11.8 Å². The molecule has 1 amide bonds. The van der Waals surface area contributed by atoms with E-state index in [-0.39, 0.29) is 11.4 Å². The lowest BCUT2D eigenvalue weighted by Crippen LogP contribution is -2.53. The summed E-state index contributed by atoms with van der Waals surface area (Å²) in [4.78, 5) is 10.5. The van der Waals surface area contributed by atoms with Gasteiger partial charge in [0.15, 0.2) is 0 Å². The van der Waals surface area contributed by atoms with Crippen molar-refractivity contribution in [1.82, 2.24) is 5.32 Å². The molecule has 1 aliphatic heterocycles. The van der Waals surface area contributed by atoms with Gasteiger partial charge in [0.05, 0.1) is 12.0 Å². The standard InChI is InChI=1S/C7H11NO/c1-4-5(2)7(4)3-6(9)8-7/h4-5H,3H2,1-2H3,(H,8,9). The molecule has 0 aromatic carbocycles. The lowest BCUT2D eigenvalue weighted by atomic mass is 10.00. The molecule has 50 valence electrons. The van der Waals surface area contributed by atoms with Crippen LogP contribution in [0.4, 0.5) is 0 Å². The SMILES string of the molecule is CC1C(C)C12CC(=O)N2. The van der Waals surface area contributed by atoms with Crippen LogP contribution in [0.1, 0.15) is 20.3 Å². The molecule has 2 fully saturated rings. The highest BCUT2D eigenvalue weighted by molar-refractivity contribution is 5.86. The van der Waals surface area contributed by atoms with Crippen LogP contribution < -0.4 is 5.32 Å². The normalized spacial score (nSPS) is 54.7. The molecule has 0 aromatic rings. The minimum absolute atomic E-state index is 0.228. The number of rotatable bonds is 0. The zero-order valence-corrected chi connectivity index (χ0v) is 5.77.